The van der Waals surface area contributed by atoms with Crippen molar-refractivity contribution in [2.45, 2.75) is 13.0 Å². The highest BCUT2D eigenvalue weighted by atomic mass is 16.5. The van der Waals surface area contributed by atoms with E-state index in [0.717, 1.165) is 16.9 Å². The molecular weight excluding hydrogens is 302 g/mol. The van der Waals surface area contributed by atoms with E-state index < -0.39 is 0 Å². The van der Waals surface area contributed by atoms with E-state index in [4.69, 9.17) is 9.47 Å². The zero-order valence-electron chi connectivity index (χ0n) is 14.1. The van der Waals surface area contributed by atoms with E-state index in [9.17, 15) is 4.79 Å². The van der Waals surface area contributed by atoms with Gasteiger partial charge >= 0.3 is 0 Å². The van der Waals surface area contributed by atoms with Gasteiger partial charge in [0.25, 0.3) is 0 Å². The number of methoxy groups -OCH3 is 1. The van der Waals surface area contributed by atoms with Gasteiger partial charge in [0.15, 0.2) is 0 Å². The molecule has 0 saturated carbocycles. The number of benzene rings is 2. The molecule has 0 unspecified atom stereocenters. The van der Waals surface area contributed by atoms with Gasteiger partial charge in [0.2, 0.25) is 5.91 Å². The number of nitrogens with one attached hydrogen (secondary N) is 1. The van der Waals surface area contributed by atoms with Gasteiger partial charge in [0, 0.05) is 19.2 Å². The smallest absolute Gasteiger partial charge is 0.244 e. The largest absolute Gasteiger partial charge is 0.497 e. The molecule has 4 heteroatoms. The Morgan fingerprint density at radius 2 is 1.83 bits per heavy atom. The first-order valence-electron chi connectivity index (χ1n) is 7.99. The maximum atomic E-state index is 12.0. The monoisotopic (exact) mass is 325 g/mol. The molecule has 0 aliphatic rings. The molecule has 2 aromatic carbocycles. The lowest BCUT2D eigenvalue weighted by molar-refractivity contribution is -0.117. The Balaban J connectivity index is 1.92. The van der Waals surface area contributed by atoms with Gasteiger partial charge in [-0.2, -0.15) is 0 Å². The molecule has 0 aromatic heterocycles. The van der Waals surface area contributed by atoms with Crippen molar-refractivity contribution < 1.29 is 14.3 Å². The first-order valence-corrected chi connectivity index (χ1v) is 7.99. The lowest BCUT2D eigenvalue weighted by atomic mass is 10.1. The molecule has 1 amide bonds. The van der Waals surface area contributed by atoms with Crippen LogP contribution in [0.1, 0.15) is 24.2 Å². The van der Waals surface area contributed by atoms with Crippen molar-refractivity contribution in [2.75, 3.05) is 20.3 Å². The van der Waals surface area contributed by atoms with E-state index in [2.05, 4.69) is 5.32 Å². The SMILES string of the molecule is CCO[C@H](CNC(=O)C=Cc1ccccc1)c1ccc(OC)cc1. The summed E-state index contributed by atoms with van der Waals surface area (Å²) in [6.07, 6.45) is 3.14. The molecule has 2 aromatic rings. The molecule has 0 bridgehead atoms. The molecule has 1 atom stereocenters. The normalized spacial score (nSPS) is 12.1. The van der Waals surface area contributed by atoms with E-state index in [0.29, 0.717) is 13.2 Å². The lowest BCUT2D eigenvalue weighted by Crippen LogP contribution is -2.28. The second-order valence-electron chi connectivity index (χ2n) is 5.21. The quantitative estimate of drug-likeness (QED) is 0.754. The maximum absolute atomic E-state index is 12.0. The fourth-order valence-corrected chi connectivity index (χ4v) is 2.28. The van der Waals surface area contributed by atoms with Crippen molar-refractivity contribution in [1.29, 1.82) is 0 Å². The van der Waals surface area contributed by atoms with E-state index >= 15 is 0 Å². The van der Waals surface area contributed by atoms with E-state index in [1.807, 2.05) is 61.5 Å². The molecule has 126 valence electrons. The van der Waals surface area contributed by atoms with Crippen molar-refractivity contribution >= 4 is 12.0 Å². The minimum absolute atomic E-state index is 0.142. The Morgan fingerprint density at radius 1 is 1.12 bits per heavy atom. The fourth-order valence-electron chi connectivity index (χ4n) is 2.28. The van der Waals surface area contributed by atoms with Crippen LogP contribution < -0.4 is 10.1 Å². The van der Waals surface area contributed by atoms with Crippen LogP contribution >= 0.6 is 0 Å². The number of hydrogen-bond donors (Lipinski definition) is 1. The van der Waals surface area contributed by atoms with Crippen LogP contribution in [-0.2, 0) is 9.53 Å². The second kappa shape index (κ2) is 9.53. The van der Waals surface area contributed by atoms with Gasteiger partial charge in [0.05, 0.1) is 13.2 Å². The third-order valence-corrected chi connectivity index (χ3v) is 3.54. The van der Waals surface area contributed by atoms with Crippen molar-refractivity contribution in [1.82, 2.24) is 5.32 Å². The summed E-state index contributed by atoms with van der Waals surface area (Å²) in [5, 5.41) is 2.88. The Kier molecular flexibility index (Phi) is 7.05. The number of rotatable bonds is 8. The van der Waals surface area contributed by atoms with Crippen LogP contribution in [0.5, 0.6) is 5.75 Å². The van der Waals surface area contributed by atoms with Gasteiger partial charge in [-0.25, -0.2) is 0 Å². The number of carbonyl (C=O) groups excluding carboxylic acids is 1. The molecule has 0 spiro atoms. The van der Waals surface area contributed by atoms with Gasteiger partial charge in [-0.1, -0.05) is 42.5 Å². The summed E-state index contributed by atoms with van der Waals surface area (Å²) in [6.45, 7) is 2.93. The lowest BCUT2D eigenvalue weighted by Gasteiger charge is -2.18. The van der Waals surface area contributed by atoms with Crippen LogP contribution in [0.3, 0.4) is 0 Å². The van der Waals surface area contributed by atoms with Crippen molar-refractivity contribution in [3.05, 3.63) is 71.8 Å². The maximum Gasteiger partial charge on any atom is 0.244 e. The summed E-state index contributed by atoms with van der Waals surface area (Å²) in [6, 6.07) is 17.4. The summed E-state index contributed by atoms with van der Waals surface area (Å²) in [5.74, 6) is 0.654. The Morgan fingerprint density at radius 3 is 2.46 bits per heavy atom. The zero-order chi connectivity index (χ0) is 17.2. The molecule has 0 radical (unpaired) electrons. The molecule has 0 aliphatic carbocycles. The summed E-state index contributed by atoms with van der Waals surface area (Å²) in [5.41, 5.74) is 1.99. The minimum atomic E-state index is -0.185. The molecule has 0 fully saturated rings. The first-order chi connectivity index (χ1) is 11.7. The average molecular weight is 325 g/mol. The highest BCUT2D eigenvalue weighted by Crippen LogP contribution is 2.20. The molecule has 4 nitrogen and oxygen atoms in total. The second-order valence-corrected chi connectivity index (χ2v) is 5.21. The predicted octanol–water partition coefficient (Wildman–Crippen LogP) is 3.60. The van der Waals surface area contributed by atoms with Crippen LogP contribution in [0.15, 0.2) is 60.7 Å². The summed E-state index contributed by atoms with van der Waals surface area (Å²) in [4.78, 5) is 12.0. The Hall–Kier alpha value is -2.59. The van der Waals surface area contributed by atoms with Crippen LogP contribution in [0.25, 0.3) is 6.08 Å². The van der Waals surface area contributed by atoms with Crippen molar-refractivity contribution in [3.63, 3.8) is 0 Å². The number of amides is 1. The minimum Gasteiger partial charge on any atom is -0.497 e. The molecule has 1 N–H and O–H groups in total. The average Bonchev–Trinajstić information content (AvgIpc) is 2.64. The molecule has 0 heterocycles. The van der Waals surface area contributed by atoms with E-state index in [1.165, 1.54) is 6.08 Å². The van der Waals surface area contributed by atoms with Gasteiger partial charge in [-0.3, -0.25) is 4.79 Å². The van der Waals surface area contributed by atoms with Crippen LogP contribution in [0, 0.1) is 0 Å². The number of carbonyl (C=O) groups is 1. The van der Waals surface area contributed by atoms with Crippen LogP contribution in [0.4, 0.5) is 0 Å². The number of hydrogen-bond acceptors (Lipinski definition) is 3. The Bertz CT molecular complexity index is 650. The summed E-state index contributed by atoms with van der Waals surface area (Å²) < 4.78 is 10.9. The molecule has 0 aliphatic heterocycles. The Labute approximate surface area is 143 Å². The standard InChI is InChI=1S/C20H23NO3/c1-3-24-19(17-10-12-18(23-2)13-11-17)15-21-20(22)14-9-16-7-5-4-6-8-16/h4-14,19H,3,15H2,1-2H3,(H,21,22)/t19-/m1/s1. The van der Waals surface area contributed by atoms with Gasteiger partial charge < -0.3 is 14.8 Å². The summed E-state index contributed by atoms with van der Waals surface area (Å²) >= 11 is 0. The van der Waals surface area contributed by atoms with Crippen molar-refractivity contribution in [2.24, 2.45) is 0 Å². The predicted molar refractivity (Wildman–Crippen MR) is 95.8 cm³/mol. The molecule has 0 saturated heterocycles. The highest BCUT2D eigenvalue weighted by molar-refractivity contribution is 5.91. The molecule has 24 heavy (non-hydrogen) atoms. The summed E-state index contributed by atoms with van der Waals surface area (Å²) in [7, 11) is 1.63. The van der Waals surface area contributed by atoms with Crippen molar-refractivity contribution in [3.8, 4) is 5.75 Å². The third-order valence-electron chi connectivity index (χ3n) is 3.54. The highest BCUT2D eigenvalue weighted by Gasteiger charge is 2.12. The van der Waals surface area contributed by atoms with E-state index in [1.54, 1.807) is 13.2 Å². The van der Waals surface area contributed by atoms with Gasteiger partial charge in [-0.05, 0) is 36.3 Å². The molecular formula is C20H23NO3. The molecule has 2 rings (SSSR count). The van der Waals surface area contributed by atoms with E-state index in [-0.39, 0.29) is 12.0 Å². The van der Waals surface area contributed by atoms with Gasteiger partial charge in [0.1, 0.15) is 5.75 Å². The van der Waals surface area contributed by atoms with Gasteiger partial charge in [-0.15, -0.1) is 0 Å². The zero-order valence-corrected chi connectivity index (χ0v) is 14.1. The topological polar surface area (TPSA) is 47.6 Å². The first kappa shape index (κ1) is 17.8. The van der Waals surface area contributed by atoms with Crippen LogP contribution in [-0.4, -0.2) is 26.2 Å². The third kappa shape index (κ3) is 5.56. The van der Waals surface area contributed by atoms with Crippen LogP contribution in [0.2, 0.25) is 0 Å². The fraction of sp³-hybridized carbons (Fsp3) is 0.250. The number of ether oxygens (including phenoxy) is 2.